The predicted molar refractivity (Wildman–Crippen MR) is 105 cm³/mol. The van der Waals surface area contributed by atoms with E-state index in [0.717, 1.165) is 6.07 Å². The maximum absolute atomic E-state index is 12.9. The number of fused-ring (bicyclic) bond motifs is 2. The Bertz CT molecular complexity index is 1190. The van der Waals surface area contributed by atoms with E-state index >= 15 is 0 Å². The van der Waals surface area contributed by atoms with Crippen molar-refractivity contribution in [3.8, 4) is 11.5 Å². The van der Waals surface area contributed by atoms with E-state index < -0.39 is 19.2 Å². The van der Waals surface area contributed by atoms with Gasteiger partial charge < -0.3 is 14.6 Å². The van der Waals surface area contributed by atoms with Gasteiger partial charge in [-0.2, -0.15) is 17.6 Å². The van der Waals surface area contributed by atoms with Crippen molar-refractivity contribution in [2.45, 2.75) is 26.1 Å². The summed E-state index contributed by atoms with van der Waals surface area (Å²) in [4.78, 5) is 16.5. The number of allylic oxidation sites excluding steroid dienone is 1. The van der Waals surface area contributed by atoms with Crippen LogP contribution in [0.25, 0.3) is 22.6 Å². The highest BCUT2D eigenvalue weighted by Gasteiger charge is 2.27. The second kappa shape index (κ2) is 8.25. The van der Waals surface area contributed by atoms with Gasteiger partial charge >= 0.3 is 19.2 Å². The first-order chi connectivity index (χ1) is 14.8. The smallest absolute Gasteiger partial charge is 0.387 e. The summed E-state index contributed by atoms with van der Waals surface area (Å²) in [5.74, 6) is -1.74. The first kappa shape index (κ1) is 20.6. The van der Waals surface area contributed by atoms with Crippen molar-refractivity contribution in [2.75, 3.05) is 0 Å². The minimum Gasteiger partial charge on any atom is -0.478 e. The van der Waals surface area contributed by atoms with Crippen molar-refractivity contribution in [3.63, 3.8) is 0 Å². The maximum atomic E-state index is 12.9. The molecular formula is C22H15F4NO4. The molecule has 0 saturated heterocycles. The lowest BCUT2D eigenvalue weighted by molar-refractivity contribution is -0.0543. The number of nitrogens with zero attached hydrogens (tertiary/aromatic N) is 1. The number of alkyl halides is 4. The molecule has 0 radical (unpaired) electrons. The highest BCUT2D eigenvalue weighted by molar-refractivity contribution is 6.06. The van der Waals surface area contributed by atoms with E-state index in [1.54, 1.807) is 30.3 Å². The first-order valence-electron chi connectivity index (χ1n) is 9.23. The average molecular weight is 433 g/mol. The summed E-state index contributed by atoms with van der Waals surface area (Å²) in [6.45, 7) is -6.28. The molecule has 0 saturated carbocycles. The molecule has 9 heteroatoms. The van der Waals surface area contributed by atoms with Gasteiger partial charge in [-0.1, -0.05) is 18.2 Å². The number of pyridine rings is 1. The quantitative estimate of drug-likeness (QED) is 0.511. The van der Waals surface area contributed by atoms with Crippen LogP contribution >= 0.6 is 0 Å². The van der Waals surface area contributed by atoms with E-state index in [0.29, 0.717) is 40.6 Å². The van der Waals surface area contributed by atoms with Gasteiger partial charge in [0.2, 0.25) is 0 Å². The second-order valence-corrected chi connectivity index (χ2v) is 6.76. The molecule has 3 aromatic rings. The fourth-order valence-electron chi connectivity index (χ4n) is 3.72. The molecule has 1 aliphatic carbocycles. The van der Waals surface area contributed by atoms with Crippen LogP contribution in [-0.2, 0) is 6.42 Å². The third kappa shape index (κ3) is 4.16. The Morgan fingerprint density at radius 1 is 1.03 bits per heavy atom. The standard InChI is InChI=1S/C22H15F4NO4/c23-21(24)30-13-7-5-11(17(10-13)31-22(25)26)9-12-6-8-15-18(20(28)29)14-3-1-2-4-16(14)27-19(12)15/h1-5,7,9-10,21-22H,6,8H2,(H,28,29)/b12-9+. The molecule has 0 spiro atoms. The third-order valence-corrected chi connectivity index (χ3v) is 4.91. The number of halogens is 4. The molecular weight excluding hydrogens is 418 g/mol. The molecule has 1 N–H and O–H groups in total. The van der Waals surface area contributed by atoms with E-state index in [1.807, 2.05) is 0 Å². The zero-order valence-corrected chi connectivity index (χ0v) is 15.8. The van der Waals surface area contributed by atoms with Gasteiger partial charge in [0.15, 0.2) is 0 Å². The largest absolute Gasteiger partial charge is 0.478 e. The molecule has 2 aromatic carbocycles. The molecule has 0 fully saturated rings. The van der Waals surface area contributed by atoms with Crippen molar-refractivity contribution >= 4 is 28.5 Å². The van der Waals surface area contributed by atoms with Crippen LogP contribution in [0, 0.1) is 0 Å². The highest BCUT2D eigenvalue weighted by atomic mass is 19.3. The van der Waals surface area contributed by atoms with Gasteiger partial charge in [0.1, 0.15) is 11.5 Å². The summed E-state index contributed by atoms with van der Waals surface area (Å²) < 4.78 is 59.4. The molecule has 31 heavy (non-hydrogen) atoms. The third-order valence-electron chi connectivity index (χ3n) is 4.91. The lowest BCUT2D eigenvalue weighted by Crippen LogP contribution is -2.06. The normalized spacial score (nSPS) is 14.5. The van der Waals surface area contributed by atoms with Gasteiger partial charge in [-0.15, -0.1) is 0 Å². The van der Waals surface area contributed by atoms with Crippen LogP contribution in [0.1, 0.15) is 33.6 Å². The molecule has 1 heterocycles. The van der Waals surface area contributed by atoms with E-state index in [1.165, 1.54) is 12.1 Å². The van der Waals surface area contributed by atoms with E-state index in [-0.39, 0.29) is 22.6 Å². The molecule has 5 nitrogen and oxygen atoms in total. The van der Waals surface area contributed by atoms with Gasteiger partial charge in [-0.05, 0) is 48.3 Å². The number of carboxylic acid groups (broad SMARTS) is 1. The van der Waals surface area contributed by atoms with Crippen LogP contribution < -0.4 is 9.47 Å². The number of aromatic carboxylic acids is 1. The Kier molecular flexibility index (Phi) is 5.50. The summed E-state index contributed by atoms with van der Waals surface area (Å²) in [5, 5.41) is 10.3. The summed E-state index contributed by atoms with van der Waals surface area (Å²) >= 11 is 0. The summed E-state index contributed by atoms with van der Waals surface area (Å²) in [6.07, 6.45) is 2.39. The Morgan fingerprint density at radius 3 is 2.48 bits per heavy atom. The van der Waals surface area contributed by atoms with E-state index in [4.69, 9.17) is 0 Å². The number of carboxylic acids is 1. The maximum Gasteiger partial charge on any atom is 0.387 e. The SMILES string of the molecule is O=C(O)c1c2c(nc3ccccc13)/C(=C/c1ccc(OC(F)F)cc1OC(F)F)CC2. The van der Waals surface area contributed by atoms with Gasteiger partial charge in [0, 0.05) is 17.0 Å². The molecule has 0 atom stereocenters. The summed E-state index contributed by atoms with van der Waals surface area (Å²) in [6, 6.07) is 10.3. The number of ether oxygens (including phenoxy) is 2. The molecule has 0 unspecified atom stereocenters. The molecule has 160 valence electrons. The van der Waals surface area contributed by atoms with Crippen LogP contribution in [0.3, 0.4) is 0 Å². The predicted octanol–water partition coefficient (Wildman–Crippen LogP) is 5.62. The van der Waals surface area contributed by atoms with E-state index in [2.05, 4.69) is 14.5 Å². The Hall–Kier alpha value is -3.62. The van der Waals surface area contributed by atoms with Gasteiger partial charge in [-0.25, -0.2) is 9.78 Å². The fourth-order valence-corrected chi connectivity index (χ4v) is 3.72. The van der Waals surface area contributed by atoms with Crippen molar-refractivity contribution in [3.05, 3.63) is 64.8 Å². The molecule has 0 amide bonds. The fraction of sp³-hybridized carbons (Fsp3) is 0.182. The van der Waals surface area contributed by atoms with Gasteiger partial charge in [0.05, 0.1) is 16.8 Å². The van der Waals surface area contributed by atoms with Crippen LogP contribution in [0.4, 0.5) is 17.6 Å². The lowest BCUT2D eigenvalue weighted by Gasteiger charge is -2.12. The van der Waals surface area contributed by atoms with Crippen molar-refractivity contribution < 1.29 is 36.9 Å². The summed E-state index contributed by atoms with van der Waals surface area (Å²) in [7, 11) is 0. The zero-order valence-electron chi connectivity index (χ0n) is 15.8. The van der Waals surface area contributed by atoms with Crippen LogP contribution in [0.2, 0.25) is 0 Å². The lowest BCUT2D eigenvalue weighted by atomic mass is 10.0. The van der Waals surface area contributed by atoms with Gasteiger partial charge in [-0.3, -0.25) is 0 Å². The average Bonchev–Trinajstić information content (AvgIpc) is 3.09. The molecule has 1 aromatic heterocycles. The first-order valence-corrected chi connectivity index (χ1v) is 9.23. The highest BCUT2D eigenvalue weighted by Crippen LogP contribution is 2.39. The van der Waals surface area contributed by atoms with Crippen LogP contribution in [-0.4, -0.2) is 29.3 Å². The van der Waals surface area contributed by atoms with Crippen molar-refractivity contribution in [2.24, 2.45) is 0 Å². The topological polar surface area (TPSA) is 68.7 Å². The van der Waals surface area contributed by atoms with Crippen LogP contribution in [0.5, 0.6) is 11.5 Å². The minimum absolute atomic E-state index is 0.161. The Labute approximate surface area is 173 Å². The molecule has 0 bridgehead atoms. The van der Waals surface area contributed by atoms with Gasteiger partial charge in [0.25, 0.3) is 0 Å². The number of para-hydroxylation sites is 1. The number of hydrogen-bond donors (Lipinski definition) is 1. The van der Waals surface area contributed by atoms with Crippen molar-refractivity contribution in [1.82, 2.24) is 4.98 Å². The Morgan fingerprint density at radius 2 is 1.77 bits per heavy atom. The number of carbonyl (C=O) groups is 1. The second-order valence-electron chi connectivity index (χ2n) is 6.76. The number of rotatable bonds is 6. The molecule has 0 aliphatic heterocycles. The number of benzene rings is 2. The van der Waals surface area contributed by atoms with E-state index in [9.17, 15) is 27.5 Å². The Balaban J connectivity index is 1.83. The zero-order chi connectivity index (χ0) is 22.1. The minimum atomic E-state index is -3.17. The summed E-state index contributed by atoms with van der Waals surface area (Å²) in [5.41, 5.74) is 2.52. The molecule has 4 rings (SSSR count). The van der Waals surface area contributed by atoms with Crippen molar-refractivity contribution in [1.29, 1.82) is 0 Å². The number of hydrogen-bond acceptors (Lipinski definition) is 4. The monoisotopic (exact) mass is 433 g/mol. The van der Waals surface area contributed by atoms with Crippen LogP contribution in [0.15, 0.2) is 42.5 Å². The number of aromatic nitrogens is 1. The molecule has 1 aliphatic rings.